The Morgan fingerprint density at radius 1 is 1.16 bits per heavy atom. The second kappa shape index (κ2) is 13.8. The molecule has 3 heterocycles. The largest absolute Gasteiger partial charge is 0.481 e. The van der Waals surface area contributed by atoms with Crippen LogP contribution in [0.2, 0.25) is 0 Å². The van der Waals surface area contributed by atoms with E-state index in [1.807, 2.05) is 24.3 Å². The van der Waals surface area contributed by atoms with Crippen molar-refractivity contribution in [2.24, 2.45) is 0 Å². The molecule has 8 N–H and O–H groups in total. The summed E-state index contributed by atoms with van der Waals surface area (Å²) in [5.74, 6) is -0.407. The Balaban J connectivity index is 1.05. The molecule has 2 aliphatic rings. The van der Waals surface area contributed by atoms with Gasteiger partial charge in [-0.2, -0.15) is 9.29 Å². The molecule has 0 bridgehead atoms. The number of phosphoric ester groups is 2. The van der Waals surface area contributed by atoms with Crippen molar-refractivity contribution in [3.8, 4) is 0 Å². The summed E-state index contributed by atoms with van der Waals surface area (Å²) in [6.45, 7) is -1.21. The average Bonchev–Trinajstić information content (AvgIpc) is 3.51. The van der Waals surface area contributed by atoms with E-state index in [1.165, 1.54) is 5.56 Å². The van der Waals surface area contributed by atoms with Gasteiger partial charge in [-0.25, -0.2) is 14.1 Å². The zero-order valence-corrected chi connectivity index (χ0v) is 25.6. The van der Waals surface area contributed by atoms with Crippen LogP contribution in [0.1, 0.15) is 55.5 Å². The van der Waals surface area contributed by atoms with Crippen LogP contribution in [0.4, 0.5) is 5.95 Å². The fourth-order valence-electron chi connectivity index (χ4n) is 5.31. The lowest BCUT2D eigenvalue weighted by atomic mass is 9.87. The van der Waals surface area contributed by atoms with Crippen LogP contribution in [0.25, 0.3) is 11.2 Å². The third-order valence-corrected chi connectivity index (χ3v) is 10.1. The number of nitrogens with zero attached hydrogens (tertiary/aromatic N) is 3. The van der Waals surface area contributed by atoms with E-state index in [0.29, 0.717) is 6.42 Å². The average molecular weight is 673 g/mol. The number of nitrogens with two attached hydrogens (primary N) is 1. The van der Waals surface area contributed by atoms with E-state index in [-0.39, 0.29) is 48.5 Å². The molecule has 1 fully saturated rings. The molecule has 0 saturated carbocycles. The van der Waals surface area contributed by atoms with Crippen LogP contribution in [0.5, 0.6) is 0 Å². The Kier molecular flexibility index (Phi) is 10.2. The fourth-order valence-corrected chi connectivity index (χ4v) is 7.42. The normalized spacial score (nSPS) is 25.8. The molecule has 0 radical (unpaired) electrons. The quantitative estimate of drug-likeness (QED) is 0.0983. The predicted molar refractivity (Wildman–Crippen MR) is 155 cm³/mol. The molecule has 246 valence electrons. The number of amides is 1. The number of rotatable bonds is 13. The van der Waals surface area contributed by atoms with Gasteiger partial charge in [-0.1, -0.05) is 24.3 Å². The summed E-state index contributed by atoms with van der Waals surface area (Å²) < 4.78 is 45.1. The zero-order chi connectivity index (χ0) is 32.4. The number of anilines is 1. The number of imidazole rings is 1. The van der Waals surface area contributed by atoms with Crippen LogP contribution < -0.4 is 16.6 Å². The molecule has 18 nitrogen and oxygen atoms in total. The first-order valence-electron chi connectivity index (χ1n) is 14.1. The molecule has 1 aliphatic heterocycles. The Morgan fingerprint density at radius 3 is 2.71 bits per heavy atom. The third-order valence-electron chi connectivity index (χ3n) is 7.43. The lowest BCUT2D eigenvalue weighted by Crippen LogP contribution is -2.33. The monoisotopic (exact) mass is 672 g/mol. The van der Waals surface area contributed by atoms with Gasteiger partial charge in [-0.15, -0.1) is 0 Å². The number of hydrogen-bond acceptors (Lipinski definition) is 13. The second-order valence-corrected chi connectivity index (χ2v) is 13.7. The van der Waals surface area contributed by atoms with Crippen molar-refractivity contribution < 1.29 is 52.0 Å². The van der Waals surface area contributed by atoms with E-state index in [0.717, 1.165) is 35.7 Å². The summed E-state index contributed by atoms with van der Waals surface area (Å²) in [5.41, 5.74) is 7.06. The molecule has 7 atom stereocenters. The van der Waals surface area contributed by atoms with Gasteiger partial charge in [-0.3, -0.25) is 28.2 Å². The van der Waals surface area contributed by atoms with Crippen molar-refractivity contribution in [1.29, 1.82) is 0 Å². The predicted octanol–water partition coefficient (Wildman–Crippen LogP) is 0.936. The number of H-pyrrole nitrogens is 1. The van der Waals surface area contributed by atoms with Crippen molar-refractivity contribution >= 4 is 38.7 Å². The van der Waals surface area contributed by atoms with Gasteiger partial charge in [-0.05, 0) is 43.2 Å². The van der Waals surface area contributed by atoms with Gasteiger partial charge < -0.3 is 35.8 Å². The van der Waals surface area contributed by atoms with Crippen LogP contribution in [0.15, 0.2) is 35.4 Å². The molecule has 20 heteroatoms. The smallest absolute Gasteiger partial charge is 0.387 e. The number of nitrogen functional groups attached to an aromatic ring is 1. The number of aryl methyl sites for hydroxylation is 1. The topological polar surface area (TPSA) is 271 Å². The van der Waals surface area contributed by atoms with Gasteiger partial charge in [0.2, 0.25) is 11.9 Å². The highest BCUT2D eigenvalue weighted by Crippen LogP contribution is 2.60. The molecule has 1 aromatic carbocycles. The Hall–Kier alpha value is -3.02. The maximum absolute atomic E-state index is 12.4. The van der Waals surface area contributed by atoms with E-state index in [9.17, 15) is 38.7 Å². The highest BCUT2D eigenvalue weighted by atomic mass is 31.3. The van der Waals surface area contributed by atoms with Crippen molar-refractivity contribution in [2.75, 3.05) is 18.9 Å². The second-order valence-electron chi connectivity index (χ2n) is 10.6. The molecule has 0 spiro atoms. The summed E-state index contributed by atoms with van der Waals surface area (Å²) in [6.07, 6.45) is -1.51. The van der Waals surface area contributed by atoms with Crippen molar-refractivity contribution in [3.05, 3.63) is 52.1 Å². The van der Waals surface area contributed by atoms with Crippen molar-refractivity contribution in [2.45, 2.75) is 69.1 Å². The Morgan fingerprint density at radius 2 is 1.91 bits per heavy atom. The number of aliphatic hydroxyl groups is 2. The number of carbonyl (C=O) groups excluding carboxylic acids is 1. The molecule has 3 aromatic rings. The minimum absolute atomic E-state index is 0.0563. The first-order valence-corrected chi connectivity index (χ1v) is 17.1. The molecule has 1 saturated heterocycles. The number of unbranched alkanes of at least 4 members (excludes halogenated alkanes) is 1. The van der Waals surface area contributed by atoms with E-state index >= 15 is 0 Å². The van der Waals surface area contributed by atoms with Crippen LogP contribution in [-0.2, 0) is 38.4 Å². The maximum atomic E-state index is 12.4. The van der Waals surface area contributed by atoms with Gasteiger partial charge in [0.25, 0.3) is 5.56 Å². The number of ether oxygens (including phenoxy) is 1. The van der Waals surface area contributed by atoms with Crippen LogP contribution in [-0.4, -0.2) is 77.0 Å². The van der Waals surface area contributed by atoms with Crippen molar-refractivity contribution in [3.63, 3.8) is 0 Å². The Labute approximate surface area is 255 Å². The standard InChI is InChI=1S/C25H34N6O12P2/c26-25-29-22-19(23(35)30-25)27-13-31(22)24-21(34)20(33)17(42-24)12-41-45(38,39)43-44(36,37)40-11-4-3-10-18(32)28-16-9-5-7-14-6-1-2-8-15(14)16/h1-2,6,8,13,16-17,20-21,24,33-34H,3-5,7,9-12H2,(H,28,32)(H,36,37)(H,38,39)(H3,26,29,30,35)/t16?,17-,20-,21-,24-/m1/s1. The highest BCUT2D eigenvalue weighted by Gasteiger charge is 2.46. The van der Waals surface area contributed by atoms with Crippen molar-refractivity contribution in [1.82, 2.24) is 24.8 Å². The summed E-state index contributed by atoms with van der Waals surface area (Å²) >= 11 is 0. The SMILES string of the molecule is Nc1nc2c(ncn2[C@@H]2O[C@H](COP(=O)(O)OP(=O)(O)OCCCCC(=O)NC3CCCc4ccccc43)[C@@H](O)[C@H]2O)c(=O)[nH]1. The zero-order valence-electron chi connectivity index (χ0n) is 23.8. The van der Waals surface area contributed by atoms with E-state index in [1.54, 1.807) is 0 Å². The number of hydrogen-bond donors (Lipinski definition) is 7. The Bertz CT molecular complexity index is 1680. The lowest BCUT2D eigenvalue weighted by molar-refractivity contribution is -0.122. The van der Waals surface area contributed by atoms with Crippen LogP contribution in [0, 0.1) is 0 Å². The molecule has 3 unspecified atom stereocenters. The molecule has 1 amide bonds. The minimum Gasteiger partial charge on any atom is -0.387 e. The molecule has 5 rings (SSSR count). The first-order chi connectivity index (χ1) is 21.3. The fraction of sp³-hybridized carbons (Fsp3) is 0.520. The number of fused-ring (bicyclic) bond motifs is 2. The summed E-state index contributed by atoms with van der Waals surface area (Å²) in [7, 11) is -10.3. The van der Waals surface area contributed by atoms with E-state index in [4.69, 9.17) is 19.5 Å². The number of benzene rings is 1. The van der Waals surface area contributed by atoms with Gasteiger partial charge in [0.05, 0.1) is 25.6 Å². The van der Waals surface area contributed by atoms with Crippen LogP contribution >= 0.6 is 15.6 Å². The lowest BCUT2D eigenvalue weighted by Gasteiger charge is -2.26. The number of nitrogens with one attached hydrogen (secondary N) is 2. The number of carbonyl (C=O) groups is 1. The van der Waals surface area contributed by atoms with Gasteiger partial charge in [0, 0.05) is 6.42 Å². The number of aliphatic hydroxyl groups excluding tert-OH is 2. The summed E-state index contributed by atoms with van der Waals surface area (Å²) in [6, 6.07) is 7.88. The number of phosphoric acid groups is 2. The first kappa shape index (κ1) is 33.3. The van der Waals surface area contributed by atoms with E-state index < -0.39 is 52.4 Å². The molecular weight excluding hydrogens is 638 g/mol. The third kappa shape index (κ3) is 8.04. The molecule has 1 aliphatic carbocycles. The summed E-state index contributed by atoms with van der Waals surface area (Å²) in [5, 5.41) is 23.9. The minimum atomic E-state index is -5.23. The molecule has 2 aromatic heterocycles. The van der Waals surface area contributed by atoms with Gasteiger partial charge in [0.1, 0.15) is 18.3 Å². The van der Waals surface area contributed by atoms with Gasteiger partial charge in [0.15, 0.2) is 17.4 Å². The molecule has 45 heavy (non-hydrogen) atoms. The summed E-state index contributed by atoms with van der Waals surface area (Å²) in [4.78, 5) is 54.4. The van der Waals surface area contributed by atoms with Crippen LogP contribution in [0.3, 0.4) is 0 Å². The maximum Gasteiger partial charge on any atom is 0.481 e. The molecular formula is C25H34N6O12P2. The number of aromatic nitrogens is 4. The van der Waals surface area contributed by atoms with E-state index in [2.05, 4.69) is 24.6 Å². The highest BCUT2D eigenvalue weighted by molar-refractivity contribution is 7.61. The number of aromatic amines is 1. The van der Waals surface area contributed by atoms with Gasteiger partial charge >= 0.3 is 15.6 Å².